The van der Waals surface area contributed by atoms with Gasteiger partial charge in [0.2, 0.25) is 13.9 Å². The molecule has 1 unspecified atom stereocenters. The summed E-state index contributed by atoms with van der Waals surface area (Å²) in [6.07, 6.45) is -3.05. The number of alkyl halides is 3. The lowest BCUT2D eigenvalue weighted by molar-refractivity contribution is -0.153. The number of halogens is 3. The Morgan fingerprint density at radius 3 is 2.50 bits per heavy atom. The van der Waals surface area contributed by atoms with Gasteiger partial charge >= 0.3 is 6.18 Å². The van der Waals surface area contributed by atoms with Crippen molar-refractivity contribution >= 4 is 31.0 Å². The lowest BCUT2D eigenvalue weighted by atomic mass is 10.3. The number of aromatic nitrogens is 3. The molecule has 2 heterocycles. The monoisotopic (exact) mass is 405 g/mol. The number of H-pyrrole nitrogens is 1. The molecule has 26 heavy (non-hydrogen) atoms. The van der Waals surface area contributed by atoms with Gasteiger partial charge in [-0.05, 0) is 30.3 Å². The Morgan fingerprint density at radius 2 is 1.92 bits per heavy atom. The van der Waals surface area contributed by atoms with Crippen LogP contribution in [0.4, 0.5) is 13.2 Å². The molecule has 0 aliphatic heterocycles. The molecule has 2 N–H and O–H groups in total. The highest BCUT2D eigenvalue weighted by Gasteiger charge is 2.28. The summed E-state index contributed by atoms with van der Waals surface area (Å²) in [7, 11) is -4.03. The van der Waals surface area contributed by atoms with Crippen molar-refractivity contribution in [3.05, 3.63) is 46.9 Å². The number of hydrogen-bond acceptors (Lipinski definition) is 5. The number of nitrogens with zero attached hydrogens (tertiary/aromatic N) is 2. The third-order valence-electron chi connectivity index (χ3n) is 3.29. The van der Waals surface area contributed by atoms with Gasteiger partial charge in [0.1, 0.15) is 11.4 Å². The van der Waals surface area contributed by atoms with E-state index in [0.29, 0.717) is 0 Å². The zero-order valence-electron chi connectivity index (χ0n) is 12.7. The van der Waals surface area contributed by atoms with Crippen LogP contribution in [0, 0.1) is 0 Å². The number of fused-ring (bicyclic) bond motifs is 1. The Kier molecular flexibility index (Phi) is 4.50. The molecular weight excluding hydrogens is 395 g/mol. The van der Waals surface area contributed by atoms with Crippen LogP contribution in [-0.2, 0) is 20.0 Å². The van der Waals surface area contributed by atoms with Crippen molar-refractivity contribution in [3.63, 3.8) is 0 Å². The van der Waals surface area contributed by atoms with Crippen LogP contribution in [0.2, 0.25) is 0 Å². The van der Waals surface area contributed by atoms with Crippen LogP contribution in [0.5, 0.6) is 5.75 Å². The molecule has 1 aromatic carbocycles. The molecule has 0 radical (unpaired) electrons. The van der Waals surface area contributed by atoms with E-state index < -0.39 is 32.3 Å². The number of nitrogens with one attached hydrogen (secondary N) is 1. The van der Waals surface area contributed by atoms with Crippen LogP contribution in [0.3, 0.4) is 0 Å². The first-order valence-corrected chi connectivity index (χ1v) is 9.38. The van der Waals surface area contributed by atoms with E-state index in [4.69, 9.17) is 0 Å². The molecule has 0 aliphatic carbocycles. The summed E-state index contributed by atoms with van der Waals surface area (Å²) in [5.74, 6) is -0.0838. The summed E-state index contributed by atoms with van der Waals surface area (Å²) in [6, 6.07) is 6.35. The molecule has 138 valence electrons. The van der Waals surface area contributed by atoms with Crippen molar-refractivity contribution < 1.29 is 26.7 Å². The Bertz CT molecular complexity index is 1120. The minimum atomic E-state index is -4.49. The van der Waals surface area contributed by atoms with Crippen LogP contribution >= 0.6 is 0 Å². The van der Waals surface area contributed by atoms with Crippen molar-refractivity contribution in [2.24, 2.45) is 0 Å². The molecule has 0 fully saturated rings. The smallest absolute Gasteiger partial charge is 0.422 e. The summed E-state index contributed by atoms with van der Waals surface area (Å²) in [4.78, 5) is 19.2. The predicted molar refractivity (Wildman–Crippen MR) is 89.6 cm³/mol. The van der Waals surface area contributed by atoms with Gasteiger partial charge in [0.25, 0.3) is 5.56 Å². The number of ether oxygens (including phenoxy) is 1. The molecule has 0 saturated heterocycles. The molecule has 3 aromatic rings. The third kappa shape index (κ3) is 3.71. The van der Waals surface area contributed by atoms with Gasteiger partial charge in [0, 0.05) is 17.4 Å². The van der Waals surface area contributed by atoms with E-state index in [1.165, 1.54) is 36.5 Å². The summed E-state index contributed by atoms with van der Waals surface area (Å²) < 4.78 is 63.7. The van der Waals surface area contributed by atoms with Gasteiger partial charge in [-0.15, -0.1) is 0 Å². The Labute approximate surface area is 148 Å². The molecule has 7 nitrogen and oxygen atoms in total. The molecule has 0 spiro atoms. The van der Waals surface area contributed by atoms with Gasteiger partial charge in [-0.3, -0.25) is 13.9 Å². The van der Waals surface area contributed by atoms with E-state index in [9.17, 15) is 26.7 Å². The van der Waals surface area contributed by atoms with Crippen LogP contribution in [0.15, 0.2) is 46.5 Å². The zero-order valence-corrected chi connectivity index (χ0v) is 14.3. The van der Waals surface area contributed by atoms with Gasteiger partial charge in [0.05, 0.1) is 11.1 Å². The van der Waals surface area contributed by atoms with Crippen LogP contribution < -0.4 is 10.3 Å². The summed E-state index contributed by atoms with van der Waals surface area (Å²) >= 11 is 4.54. The first-order valence-electron chi connectivity index (χ1n) is 6.94. The van der Waals surface area contributed by atoms with Crippen molar-refractivity contribution in [3.8, 4) is 11.4 Å². The minimum Gasteiger partial charge on any atom is -0.484 e. The second kappa shape index (κ2) is 6.37. The molecule has 1 atom stereocenters. The van der Waals surface area contributed by atoms with Gasteiger partial charge in [-0.25, -0.2) is 9.19 Å². The average Bonchev–Trinajstić information content (AvgIpc) is 3.01. The summed E-state index contributed by atoms with van der Waals surface area (Å²) in [5.41, 5.74) is -0.452. The minimum absolute atomic E-state index is 0.0838. The maximum atomic E-state index is 12.6. The second-order valence-corrected chi connectivity index (χ2v) is 7.82. The maximum absolute atomic E-state index is 12.6. The largest absolute Gasteiger partial charge is 0.484 e. The number of hydrogen-bond donors (Lipinski definition) is 2. The van der Waals surface area contributed by atoms with E-state index in [1.54, 1.807) is 0 Å². The first kappa shape index (κ1) is 18.4. The third-order valence-corrected chi connectivity index (χ3v) is 4.47. The molecule has 12 heteroatoms. The Morgan fingerprint density at radius 1 is 1.27 bits per heavy atom. The Balaban J connectivity index is 2.10. The van der Waals surface area contributed by atoms with E-state index >= 15 is 0 Å². The summed E-state index contributed by atoms with van der Waals surface area (Å²) in [5, 5.41) is -0.402. The van der Waals surface area contributed by atoms with E-state index in [2.05, 4.69) is 25.9 Å². The van der Waals surface area contributed by atoms with Crippen LogP contribution in [0.1, 0.15) is 0 Å². The fourth-order valence-corrected chi connectivity index (χ4v) is 3.20. The van der Waals surface area contributed by atoms with Crippen molar-refractivity contribution in [1.82, 2.24) is 14.5 Å². The van der Waals surface area contributed by atoms with Crippen LogP contribution in [0.25, 0.3) is 16.7 Å². The number of rotatable bonds is 4. The lowest BCUT2D eigenvalue weighted by Crippen LogP contribution is -2.25. The molecule has 0 bridgehead atoms. The lowest BCUT2D eigenvalue weighted by Gasteiger charge is -2.13. The van der Waals surface area contributed by atoms with Crippen LogP contribution in [-0.4, -0.2) is 36.1 Å². The van der Waals surface area contributed by atoms with Gasteiger partial charge in [-0.2, -0.15) is 13.2 Å². The SMILES string of the molecule is O=c1c2cc[nH]c2nc(S(=O)(O)=S)n1-c1ccc(OCC(F)(F)F)cc1. The highest BCUT2D eigenvalue weighted by atomic mass is 32.8. The molecule has 0 aliphatic rings. The maximum Gasteiger partial charge on any atom is 0.422 e. The molecule has 0 saturated carbocycles. The Hall–Kier alpha value is -2.44. The highest BCUT2D eigenvalue weighted by Crippen LogP contribution is 2.21. The second-order valence-electron chi connectivity index (χ2n) is 5.15. The fraction of sp³-hybridized carbons (Fsp3) is 0.143. The topological polar surface area (TPSA) is 97.2 Å². The fourth-order valence-electron chi connectivity index (χ4n) is 2.24. The van der Waals surface area contributed by atoms with Gasteiger partial charge < -0.3 is 9.72 Å². The first-order chi connectivity index (χ1) is 12.1. The van der Waals surface area contributed by atoms with E-state index in [0.717, 1.165) is 4.57 Å². The van der Waals surface area contributed by atoms with Crippen molar-refractivity contribution in [1.29, 1.82) is 0 Å². The van der Waals surface area contributed by atoms with Gasteiger partial charge in [0.15, 0.2) is 6.61 Å². The number of benzene rings is 1. The molecule has 3 rings (SSSR count). The highest BCUT2D eigenvalue weighted by molar-refractivity contribution is 8.29. The van der Waals surface area contributed by atoms with Crippen molar-refractivity contribution in [2.75, 3.05) is 6.61 Å². The van der Waals surface area contributed by atoms with E-state index in [1.807, 2.05) is 0 Å². The normalized spacial score (nSPS) is 14.3. The van der Waals surface area contributed by atoms with E-state index in [-0.39, 0.29) is 22.5 Å². The summed E-state index contributed by atoms with van der Waals surface area (Å²) in [6.45, 7) is -1.47. The molecular formula is C14H10F3N3O4S2. The molecule has 0 amide bonds. The predicted octanol–water partition coefficient (Wildman–Crippen LogP) is 2.23. The quantitative estimate of drug-likeness (QED) is 0.646. The van der Waals surface area contributed by atoms with Gasteiger partial charge in [-0.1, -0.05) is 0 Å². The zero-order chi connectivity index (χ0) is 19.1. The molecule has 2 aromatic heterocycles. The number of aromatic amines is 1. The standard InChI is InChI=1S/C14H10F3N3O4S2/c15-14(16,17)7-24-9-3-1-8(2-4-9)20-12(21)10-5-6-18-11(10)19-13(20)26(22,23)25/h1-6,18H,7H2,(H,22,23,25). The van der Waals surface area contributed by atoms with Crippen molar-refractivity contribution in [2.45, 2.75) is 11.3 Å². The average molecular weight is 405 g/mol.